The molecule has 1 aliphatic carbocycles. The number of nitrogens with zero attached hydrogens (tertiary/aromatic N) is 1. The van der Waals surface area contributed by atoms with E-state index in [9.17, 15) is 0 Å². The Morgan fingerprint density at radius 3 is 2.78 bits per heavy atom. The SMILES string of the molecule is CCCCOCC(C)(C)c1cc(OC)c2c(c1)OC(C)(C)[C@@H]1CC=C(c3ncc[nH]3)C[C@@H]21. The van der Waals surface area contributed by atoms with Gasteiger partial charge in [0, 0.05) is 41.8 Å². The third-order valence-electron chi connectivity index (χ3n) is 7.19. The van der Waals surface area contributed by atoms with Crippen molar-refractivity contribution in [1.82, 2.24) is 9.97 Å². The van der Waals surface area contributed by atoms with E-state index in [2.05, 4.69) is 62.8 Å². The van der Waals surface area contributed by atoms with Gasteiger partial charge < -0.3 is 19.2 Å². The molecule has 0 bridgehead atoms. The van der Waals surface area contributed by atoms with Crippen molar-refractivity contribution >= 4 is 5.57 Å². The normalized spacial score (nSPS) is 21.9. The van der Waals surface area contributed by atoms with Crippen LogP contribution in [0, 0.1) is 5.92 Å². The summed E-state index contributed by atoms with van der Waals surface area (Å²) in [4.78, 5) is 7.78. The minimum Gasteiger partial charge on any atom is -0.496 e. The van der Waals surface area contributed by atoms with E-state index >= 15 is 0 Å². The summed E-state index contributed by atoms with van der Waals surface area (Å²) in [7, 11) is 1.77. The molecule has 2 atom stereocenters. The second kappa shape index (κ2) is 8.93. The van der Waals surface area contributed by atoms with Gasteiger partial charge >= 0.3 is 0 Å². The molecule has 174 valence electrons. The lowest BCUT2D eigenvalue weighted by atomic mass is 9.66. The number of allylic oxidation sites excluding steroid dienone is 2. The summed E-state index contributed by atoms with van der Waals surface area (Å²) in [5.74, 6) is 3.55. The Morgan fingerprint density at radius 2 is 2.09 bits per heavy atom. The molecule has 0 radical (unpaired) electrons. The molecule has 0 amide bonds. The zero-order valence-corrected chi connectivity index (χ0v) is 20.5. The number of aromatic nitrogens is 2. The fourth-order valence-electron chi connectivity index (χ4n) is 5.23. The van der Waals surface area contributed by atoms with Gasteiger partial charge in [-0.1, -0.05) is 33.3 Å². The number of unbranched alkanes of at least 4 members (excludes halogenated alkanes) is 1. The van der Waals surface area contributed by atoms with Crippen LogP contribution in [0.15, 0.2) is 30.6 Å². The van der Waals surface area contributed by atoms with E-state index in [0.29, 0.717) is 18.4 Å². The van der Waals surface area contributed by atoms with Crippen molar-refractivity contribution in [3.05, 3.63) is 47.6 Å². The predicted molar refractivity (Wildman–Crippen MR) is 128 cm³/mol. The zero-order valence-electron chi connectivity index (χ0n) is 20.5. The van der Waals surface area contributed by atoms with Gasteiger partial charge in [-0.25, -0.2) is 4.98 Å². The number of benzene rings is 1. The minimum atomic E-state index is -0.256. The third-order valence-corrected chi connectivity index (χ3v) is 7.19. The number of aromatic amines is 1. The van der Waals surface area contributed by atoms with Gasteiger partial charge in [0.25, 0.3) is 0 Å². The summed E-state index contributed by atoms with van der Waals surface area (Å²) < 4.78 is 18.6. The van der Waals surface area contributed by atoms with Crippen LogP contribution in [0.3, 0.4) is 0 Å². The average Bonchev–Trinajstić information content (AvgIpc) is 3.30. The van der Waals surface area contributed by atoms with Gasteiger partial charge in [-0.2, -0.15) is 0 Å². The van der Waals surface area contributed by atoms with Crippen molar-refractivity contribution in [1.29, 1.82) is 0 Å². The Morgan fingerprint density at radius 1 is 1.28 bits per heavy atom. The largest absolute Gasteiger partial charge is 0.496 e. The van der Waals surface area contributed by atoms with Crippen LogP contribution in [-0.4, -0.2) is 35.9 Å². The van der Waals surface area contributed by atoms with Gasteiger partial charge in [0.05, 0.1) is 13.7 Å². The first-order valence-electron chi connectivity index (χ1n) is 11.9. The number of fused-ring (bicyclic) bond motifs is 3. The van der Waals surface area contributed by atoms with Gasteiger partial charge in [-0.3, -0.25) is 0 Å². The lowest BCUT2D eigenvalue weighted by molar-refractivity contribution is 0.00889. The van der Waals surface area contributed by atoms with Crippen molar-refractivity contribution < 1.29 is 14.2 Å². The van der Waals surface area contributed by atoms with E-state index in [4.69, 9.17) is 14.2 Å². The average molecular weight is 439 g/mol. The standard InChI is InChI=1S/C27H38N2O3/c1-7-8-13-31-17-26(2,3)19-15-22(30-6)24-20-14-18(25-28-11-12-29-25)9-10-21(20)27(4,5)32-23(24)16-19/h9,11-12,15-16,20-21H,7-8,10,13-14,17H2,1-6H3,(H,28,29)/t20-,21-/m1/s1. The van der Waals surface area contributed by atoms with E-state index in [-0.39, 0.29) is 11.0 Å². The first kappa shape index (κ1) is 22.9. The van der Waals surface area contributed by atoms with E-state index in [0.717, 1.165) is 49.6 Å². The molecular formula is C27H38N2O3. The number of ether oxygens (including phenoxy) is 3. The number of imidazole rings is 1. The van der Waals surface area contributed by atoms with Crippen LogP contribution in [0.5, 0.6) is 11.5 Å². The van der Waals surface area contributed by atoms with E-state index in [1.54, 1.807) is 7.11 Å². The monoisotopic (exact) mass is 438 g/mol. The molecule has 0 unspecified atom stereocenters. The topological polar surface area (TPSA) is 56.4 Å². The molecule has 5 nitrogen and oxygen atoms in total. The summed E-state index contributed by atoms with van der Waals surface area (Å²) >= 11 is 0. The molecule has 2 aromatic rings. The van der Waals surface area contributed by atoms with Crippen LogP contribution in [0.4, 0.5) is 0 Å². The molecule has 2 aliphatic rings. The number of hydrogen-bond donors (Lipinski definition) is 1. The molecule has 0 fully saturated rings. The Bertz CT molecular complexity index is 960. The molecule has 0 saturated carbocycles. The van der Waals surface area contributed by atoms with Gasteiger partial charge in [0.2, 0.25) is 0 Å². The van der Waals surface area contributed by atoms with Crippen molar-refractivity contribution in [3.63, 3.8) is 0 Å². The molecule has 1 aromatic carbocycles. The van der Waals surface area contributed by atoms with Crippen LogP contribution in [0.25, 0.3) is 5.57 Å². The summed E-state index contributed by atoms with van der Waals surface area (Å²) in [6, 6.07) is 4.43. The Balaban J connectivity index is 1.70. The molecule has 32 heavy (non-hydrogen) atoms. The van der Waals surface area contributed by atoms with Gasteiger partial charge in [-0.15, -0.1) is 0 Å². The van der Waals surface area contributed by atoms with Crippen molar-refractivity contribution in [2.24, 2.45) is 5.92 Å². The minimum absolute atomic E-state index is 0.133. The van der Waals surface area contributed by atoms with Crippen molar-refractivity contribution in [2.75, 3.05) is 20.3 Å². The van der Waals surface area contributed by atoms with Gasteiger partial charge in [-0.05, 0) is 56.4 Å². The van der Waals surface area contributed by atoms with Crippen LogP contribution in [0.1, 0.15) is 83.2 Å². The molecule has 0 saturated heterocycles. The Kier molecular flexibility index (Phi) is 6.39. The quantitative estimate of drug-likeness (QED) is 0.494. The number of hydrogen-bond acceptors (Lipinski definition) is 4. The molecule has 1 N–H and O–H groups in total. The van der Waals surface area contributed by atoms with Crippen LogP contribution in [-0.2, 0) is 10.2 Å². The third kappa shape index (κ3) is 4.32. The van der Waals surface area contributed by atoms with Gasteiger partial charge in [0.15, 0.2) is 0 Å². The smallest absolute Gasteiger partial charge is 0.132 e. The molecule has 5 heteroatoms. The summed E-state index contributed by atoms with van der Waals surface area (Å²) in [5, 5.41) is 0. The van der Waals surface area contributed by atoms with Crippen LogP contribution in [0.2, 0.25) is 0 Å². The first-order chi connectivity index (χ1) is 15.3. The van der Waals surface area contributed by atoms with Crippen molar-refractivity contribution in [2.45, 2.75) is 77.2 Å². The van der Waals surface area contributed by atoms with Crippen molar-refractivity contribution in [3.8, 4) is 11.5 Å². The maximum absolute atomic E-state index is 6.66. The molecular weight excluding hydrogens is 400 g/mol. The fourth-order valence-corrected chi connectivity index (χ4v) is 5.23. The van der Waals surface area contributed by atoms with Crippen LogP contribution >= 0.6 is 0 Å². The first-order valence-corrected chi connectivity index (χ1v) is 11.9. The Labute approximate surface area is 192 Å². The van der Waals surface area contributed by atoms with E-state index in [1.807, 2.05) is 12.4 Å². The summed E-state index contributed by atoms with van der Waals surface area (Å²) in [5.41, 5.74) is 3.27. The lowest BCUT2D eigenvalue weighted by Crippen LogP contribution is -2.45. The number of nitrogens with one attached hydrogen (secondary N) is 1. The van der Waals surface area contributed by atoms with Crippen LogP contribution < -0.4 is 9.47 Å². The maximum atomic E-state index is 6.66. The molecule has 2 heterocycles. The number of H-pyrrole nitrogens is 1. The predicted octanol–water partition coefficient (Wildman–Crippen LogP) is 6.26. The highest BCUT2D eigenvalue weighted by Gasteiger charge is 2.47. The highest BCUT2D eigenvalue weighted by molar-refractivity contribution is 5.65. The zero-order chi connectivity index (χ0) is 22.9. The lowest BCUT2D eigenvalue weighted by Gasteiger charge is -2.47. The summed E-state index contributed by atoms with van der Waals surface area (Å²) in [6.07, 6.45) is 10.2. The number of rotatable bonds is 8. The van der Waals surface area contributed by atoms with Gasteiger partial charge in [0.1, 0.15) is 22.9 Å². The van der Waals surface area contributed by atoms with E-state index < -0.39 is 0 Å². The molecule has 1 aliphatic heterocycles. The highest BCUT2D eigenvalue weighted by Crippen LogP contribution is 2.55. The highest BCUT2D eigenvalue weighted by atomic mass is 16.5. The second-order valence-electron chi connectivity index (χ2n) is 10.4. The molecule has 0 spiro atoms. The second-order valence-corrected chi connectivity index (χ2v) is 10.4. The molecule has 4 rings (SSSR count). The summed E-state index contributed by atoms with van der Waals surface area (Å²) in [6.45, 7) is 12.6. The number of methoxy groups -OCH3 is 1. The fraction of sp³-hybridized carbons (Fsp3) is 0.593. The molecule has 1 aromatic heterocycles. The van der Waals surface area contributed by atoms with E-state index in [1.165, 1.54) is 16.7 Å². The Hall–Kier alpha value is -2.27. The maximum Gasteiger partial charge on any atom is 0.132 e.